The van der Waals surface area contributed by atoms with Gasteiger partial charge in [-0.05, 0) is 31.5 Å². The summed E-state index contributed by atoms with van der Waals surface area (Å²) in [5, 5.41) is 3.37. The van der Waals surface area contributed by atoms with E-state index in [1.807, 2.05) is 24.5 Å². The predicted molar refractivity (Wildman–Crippen MR) is 85.1 cm³/mol. The normalized spacial score (nSPS) is 14.0. The Bertz CT molecular complexity index is 556. The highest BCUT2D eigenvalue weighted by Gasteiger charge is 2.13. The van der Waals surface area contributed by atoms with E-state index in [4.69, 9.17) is 4.74 Å². The minimum absolute atomic E-state index is 0.215. The molecular formula is C15H20BrN3O. The minimum Gasteiger partial charge on any atom is -0.383 e. The molecular weight excluding hydrogens is 318 g/mol. The van der Waals surface area contributed by atoms with Gasteiger partial charge in [0.15, 0.2) is 0 Å². The molecule has 4 nitrogen and oxygen atoms in total. The van der Waals surface area contributed by atoms with Gasteiger partial charge in [0, 0.05) is 30.0 Å². The van der Waals surface area contributed by atoms with Gasteiger partial charge < -0.3 is 14.6 Å². The summed E-state index contributed by atoms with van der Waals surface area (Å²) in [5.41, 5.74) is 1.24. The maximum atomic E-state index is 5.15. The molecule has 0 radical (unpaired) electrons. The molecule has 0 aliphatic carbocycles. The number of rotatable bonds is 6. The Balaban J connectivity index is 2.18. The Labute approximate surface area is 128 Å². The molecule has 1 aromatic carbocycles. The van der Waals surface area contributed by atoms with Gasteiger partial charge in [-0.3, -0.25) is 0 Å². The molecule has 1 N–H and O–H groups in total. The number of benzene rings is 1. The Morgan fingerprint density at radius 3 is 2.90 bits per heavy atom. The molecule has 0 saturated heterocycles. The van der Waals surface area contributed by atoms with Gasteiger partial charge in [-0.1, -0.05) is 28.1 Å². The fourth-order valence-electron chi connectivity index (χ4n) is 2.18. The molecule has 2 atom stereocenters. The summed E-state index contributed by atoms with van der Waals surface area (Å²) < 4.78 is 8.37. The molecule has 1 aromatic heterocycles. The van der Waals surface area contributed by atoms with Crippen molar-refractivity contribution in [3.05, 3.63) is 46.7 Å². The second kappa shape index (κ2) is 6.90. The van der Waals surface area contributed by atoms with Crippen molar-refractivity contribution < 1.29 is 4.74 Å². The number of aromatic nitrogens is 2. The number of methoxy groups -OCH3 is 1. The monoisotopic (exact) mass is 337 g/mol. The molecule has 1 heterocycles. The van der Waals surface area contributed by atoms with Crippen molar-refractivity contribution in [1.82, 2.24) is 9.55 Å². The van der Waals surface area contributed by atoms with Crippen LogP contribution in [0.25, 0.3) is 0 Å². The maximum Gasteiger partial charge on any atom is 0.203 e. The highest BCUT2D eigenvalue weighted by molar-refractivity contribution is 9.10. The second-order valence-electron chi connectivity index (χ2n) is 4.89. The number of nitrogens with one attached hydrogen (secondary N) is 1. The smallest absolute Gasteiger partial charge is 0.203 e. The van der Waals surface area contributed by atoms with Crippen molar-refractivity contribution in [2.75, 3.05) is 19.0 Å². The van der Waals surface area contributed by atoms with E-state index in [9.17, 15) is 0 Å². The van der Waals surface area contributed by atoms with Gasteiger partial charge in [-0.15, -0.1) is 0 Å². The summed E-state index contributed by atoms with van der Waals surface area (Å²) >= 11 is 3.52. The molecule has 0 saturated carbocycles. The van der Waals surface area contributed by atoms with Gasteiger partial charge >= 0.3 is 0 Å². The molecule has 108 valence electrons. The van der Waals surface area contributed by atoms with E-state index < -0.39 is 0 Å². The van der Waals surface area contributed by atoms with Crippen LogP contribution < -0.4 is 5.32 Å². The van der Waals surface area contributed by atoms with Crippen molar-refractivity contribution in [3.63, 3.8) is 0 Å². The SMILES string of the molecule is COCC(C)Nc1nccn1C(C)c1cccc(Br)c1. The lowest BCUT2D eigenvalue weighted by molar-refractivity contribution is 0.190. The lowest BCUT2D eigenvalue weighted by atomic mass is 10.1. The lowest BCUT2D eigenvalue weighted by Gasteiger charge is -2.20. The predicted octanol–water partition coefficient (Wildman–Crippen LogP) is 3.70. The van der Waals surface area contributed by atoms with E-state index in [0.717, 1.165) is 10.4 Å². The zero-order valence-electron chi connectivity index (χ0n) is 12.0. The molecule has 0 aliphatic heterocycles. The number of nitrogens with zero attached hydrogens (tertiary/aromatic N) is 2. The highest BCUT2D eigenvalue weighted by Crippen LogP contribution is 2.24. The van der Waals surface area contributed by atoms with Crippen molar-refractivity contribution in [2.45, 2.75) is 25.9 Å². The molecule has 20 heavy (non-hydrogen) atoms. The highest BCUT2D eigenvalue weighted by atomic mass is 79.9. The Hall–Kier alpha value is -1.33. The second-order valence-corrected chi connectivity index (χ2v) is 5.81. The van der Waals surface area contributed by atoms with E-state index in [0.29, 0.717) is 6.61 Å². The molecule has 2 aromatic rings. The molecule has 0 bridgehead atoms. The summed E-state index contributed by atoms with van der Waals surface area (Å²) in [6, 6.07) is 8.77. The minimum atomic E-state index is 0.215. The van der Waals surface area contributed by atoms with E-state index in [1.54, 1.807) is 7.11 Å². The van der Waals surface area contributed by atoms with Crippen LogP contribution in [0.3, 0.4) is 0 Å². The number of hydrogen-bond donors (Lipinski definition) is 1. The van der Waals surface area contributed by atoms with Gasteiger partial charge in [0.05, 0.1) is 12.6 Å². The fraction of sp³-hybridized carbons (Fsp3) is 0.400. The van der Waals surface area contributed by atoms with E-state index >= 15 is 0 Å². The zero-order chi connectivity index (χ0) is 14.5. The summed E-state index contributed by atoms with van der Waals surface area (Å²) in [5.74, 6) is 0.863. The Morgan fingerprint density at radius 1 is 1.40 bits per heavy atom. The molecule has 5 heteroatoms. The molecule has 0 spiro atoms. The summed E-state index contributed by atoms with van der Waals surface area (Å²) in [6.07, 6.45) is 3.81. The number of ether oxygens (including phenoxy) is 1. The van der Waals surface area contributed by atoms with Crippen molar-refractivity contribution in [2.24, 2.45) is 0 Å². The molecule has 0 fully saturated rings. The summed E-state index contributed by atoms with van der Waals surface area (Å²) in [6.45, 7) is 4.89. The maximum absolute atomic E-state index is 5.15. The summed E-state index contributed by atoms with van der Waals surface area (Å²) in [7, 11) is 1.70. The van der Waals surface area contributed by atoms with Crippen molar-refractivity contribution in [3.8, 4) is 0 Å². The van der Waals surface area contributed by atoms with Crippen LogP contribution >= 0.6 is 15.9 Å². The van der Waals surface area contributed by atoms with Crippen LogP contribution in [0.1, 0.15) is 25.5 Å². The fourth-order valence-corrected chi connectivity index (χ4v) is 2.59. The molecule has 2 unspecified atom stereocenters. The van der Waals surface area contributed by atoms with Crippen molar-refractivity contribution >= 4 is 21.9 Å². The standard InChI is InChI=1S/C15H20BrN3O/c1-11(10-20-3)18-15-17-7-8-19(15)12(2)13-5-4-6-14(16)9-13/h4-9,11-12H,10H2,1-3H3,(H,17,18). The first kappa shape index (κ1) is 15.1. The van der Waals surface area contributed by atoms with Crippen LogP contribution in [-0.4, -0.2) is 29.3 Å². The van der Waals surface area contributed by atoms with Gasteiger partial charge in [0.25, 0.3) is 0 Å². The average molecular weight is 338 g/mol. The van der Waals surface area contributed by atoms with Crippen LogP contribution in [0, 0.1) is 0 Å². The van der Waals surface area contributed by atoms with E-state index in [-0.39, 0.29) is 12.1 Å². The van der Waals surface area contributed by atoms with E-state index in [2.05, 4.69) is 56.8 Å². The van der Waals surface area contributed by atoms with Crippen LogP contribution in [0.5, 0.6) is 0 Å². The van der Waals surface area contributed by atoms with Crippen LogP contribution in [0.4, 0.5) is 5.95 Å². The molecule has 0 amide bonds. The first-order chi connectivity index (χ1) is 9.61. The Kier molecular flexibility index (Phi) is 5.20. The third kappa shape index (κ3) is 3.61. The third-order valence-electron chi connectivity index (χ3n) is 3.21. The number of hydrogen-bond acceptors (Lipinski definition) is 3. The van der Waals surface area contributed by atoms with Crippen LogP contribution in [0.15, 0.2) is 41.1 Å². The Morgan fingerprint density at radius 2 is 2.20 bits per heavy atom. The van der Waals surface area contributed by atoms with Gasteiger partial charge in [-0.25, -0.2) is 4.98 Å². The first-order valence-electron chi connectivity index (χ1n) is 6.65. The largest absolute Gasteiger partial charge is 0.383 e. The number of halogens is 1. The summed E-state index contributed by atoms with van der Waals surface area (Å²) in [4.78, 5) is 4.39. The van der Waals surface area contributed by atoms with E-state index in [1.165, 1.54) is 5.56 Å². The van der Waals surface area contributed by atoms with Crippen LogP contribution in [-0.2, 0) is 4.74 Å². The molecule has 2 rings (SSSR count). The molecule has 0 aliphatic rings. The third-order valence-corrected chi connectivity index (χ3v) is 3.70. The zero-order valence-corrected chi connectivity index (χ0v) is 13.6. The first-order valence-corrected chi connectivity index (χ1v) is 7.45. The quantitative estimate of drug-likeness (QED) is 0.873. The topological polar surface area (TPSA) is 39.1 Å². The average Bonchev–Trinajstić information content (AvgIpc) is 2.86. The number of imidazole rings is 1. The van der Waals surface area contributed by atoms with Crippen LogP contribution in [0.2, 0.25) is 0 Å². The lowest BCUT2D eigenvalue weighted by Crippen LogP contribution is -2.24. The number of anilines is 1. The van der Waals surface area contributed by atoms with Gasteiger partial charge in [-0.2, -0.15) is 0 Å². The van der Waals surface area contributed by atoms with Gasteiger partial charge in [0.1, 0.15) is 0 Å². The van der Waals surface area contributed by atoms with Crippen molar-refractivity contribution in [1.29, 1.82) is 0 Å². The van der Waals surface area contributed by atoms with Gasteiger partial charge in [0.2, 0.25) is 5.95 Å².